The van der Waals surface area contributed by atoms with Gasteiger partial charge in [-0.25, -0.2) is 9.97 Å². The maximum absolute atomic E-state index is 12.4. The Morgan fingerprint density at radius 2 is 1.89 bits per heavy atom. The first kappa shape index (κ1) is 17.9. The van der Waals surface area contributed by atoms with Crippen LogP contribution in [0.1, 0.15) is 22.5 Å². The van der Waals surface area contributed by atoms with E-state index >= 15 is 0 Å². The largest absolute Gasteiger partial charge is 0.379 e. The molecule has 27 heavy (non-hydrogen) atoms. The number of anilines is 1. The highest BCUT2D eigenvalue weighted by Gasteiger charge is 2.19. The molecule has 2 aromatic rings. The van der Waals surface area contributed by atoms with Crippen LogP contribution in [-0.2, 0) is 9.47 Å². The molecular weight excluding hydrogens is 344 g/mol. The smallest absolute Gasteiger partial charge is 0.251 e. The predicted octanol–water partition coefficient (Wildman–Crippen LogP) is 1.81. The van der Waals surface area contributed by atoms with Crippen molar-refractivity contribution in [1.29, 1.82) is 0 Å². The zero-order valence-corrected chi connectivity index (χ0v) is 15.5. The first-order valence-electron chi connectivity index (χ1n) is 9.36. The first-order chi connectivity index (χ1) is 13.2. The van der Waals surface area contributed by atoms with Gasteiger partial charge in [-0.05, 0) is 31.5 Å². The molecule has 7 heteroatoms. The molecule has 0 bridgehead atoms. The van der Waals surface area contributed by atoms with Crippen molar-refractivity contribution in [1.82, 2.24) is 15.3 Å². The number of aromatic nitrogens is 2. The molecule has 1 amide bonds. The Hall–Kier alpha value is -2.51. The van der Waals surface area contributed by atoms with Crippen LogP contribution in [0.4, 0.5) is 5.95 Å². The van der Waals surface area contributed by atoms with Gasteiger partial charge < -0.3 is 19.7 Å². The number of ether oxygens (including phenoxy) is 2. The first-order valence-corrected chi connectivity index (χ1v) is 9.36. The molecule has 7 nitrogen and oxygen atoms in total. The predicted molar refractivity (Wildman–Crippen MR) is 102 cm³/mol. The Morgan fingerprint density at radius 3 is 2.59 bits per heavy atom. The minimum absolute atomic E-state index is 0.0649. The molecule has 0 spiro atoms. The molecule has 1 N–H and O–H groups in total. The van der Waals surface area contributed by atoms with Crippen molar-refractivity contribution < 1.29 is 14.3 Å². The highest BCUT2D eigenvalue weighted by atomic mass is 16.5. The lowest BCUT2D eigenvalue weighted by atomic mass is 10.1. The van der Waals surface area contributed by atoms with Crippen LogP contribution < -0.4 is 10.2 Å². The molecule has 1 atom stereocenters. The molecule has 0 saturated carbocycles. The number of aryl methyl sites for hydroxylation is 1. The van der Waals surface area contributed by atoms with Gasteiger partial charge in [-0.1, -0.05) is 12.1 Å². The molecule has 0 radical (unpaired) electrons. The van der Waals surface area contributed by atoms with Gasteiger partial charge in [-0.2, -0.15) is 0 Å². The molecule has 0 aliphatic carbocycles. The van der Waals surface area contributed by atoms with Gasteiger partial charge in [-0.3, -0.25) is 4.79 Å². The van der Waals surface area contributed by atoms with Crippen LogP contribution in [0.15, 0.2) is 30.3 Å². The van der Waals surface area contributed by atoms with E-state index in [9.17, 15) is 4.79 Å². The van der Waals surface area contributed by atoms with Crippen LogP contribution in [0.25, 0.3) is 11.3 Å². The second kappa shape index (κ2) is 8.02. The van der Waals surface area contributed by atoms with Crippen molar-refractivity contribution in [3.63, 3.8) is 0 Å². The van der Waals surface area contributed by atoms with Gasteiger partial charge in [0.05, 0.1) is 31.6 Å². The van der Waals surface area contributed by atoms with Gasteiger partial charge >= 0.3 is 0 Å². The van der Waals surface area contributed by atoms with Crippen LogP contribution >= 0.6 is 0 Å². The minimum atomic E-state index is -0.0649. The summed E-state index contributed by atoms with van der Waals surface area (Å²) < 4.78 is 10.7. The molecule has 1 aromatic heterocycles. The molecule has 2 fully saturated rings. The monoisotopic (exact) mass is 368 g/mol. The maximum atomic E-state index is 12.4. The highest BCUT2D eigenvalue weighted by molar-refractivity contribution is 5.94. The number of amides is 1. The van der Waals surface area contributed by atoms with E-state index in [0.29, 0.717) is 32.0 Å². The average Bonchev–Trinajstić information content (AvgIpc) is 3.21. The number of rotatable bonds is 4. The summed E-state index contributed by atoms with van der Waals surface area (Å²) in [5, 5.41) is 3.01. The van der Waals surface area contributed by atoms with E-state index in [2.05, 4.69) is 15.2 Å². The molecule has 2 aliphatic rings. The van der Waals surface area contributed by atoms with Crippen molar-refractivity contribution in [3.8, 4) is 11.3 Å². The van der Waals surface area contributed by atoms with Crippen molar-refractivity contribution in [2.75, 3.05) is 44.4 Å². The Labute approximate surface area is 158 Å². The van der Waals surface area contributed by atoms with Crippen LogP contribution in [0.3, 0.4) is 0 Å². The summed E-state index contributed by atoms with van der Waals surface area (Å²) in [5.41, 5.74) is 3.39. The number of nitrogens with one attached hydrogen (secondary N) is 1. The van der Waals surface area contributed by atoms with Crippen LogP contribution in [0.5, 0.6) is 0 Å². The second-order valence-electron chi connectivity index (χ2n) is 6.91. The van der Waals surface area contributed by atoms with E-state index in [-0.39, 0.29) is 11.9 Å². The zero-order chi connectivity index (χ0) is 18.6. The summed E-state index contributed by atoms with van der Waals surface area (Å²) in [6, 6.07) is 9.63. The summed E-state index contributed by atoms with van der Waals surface area (Å²) in [7, 11) is 0. The van der Waals surface area contributed by atoms with Gasteiger partial charge in [0.15, 0.2) is 0 Å². The van der Waals surface area contributed by atoms with Crippen LogP contribution in [0.2, 0.25) is 0 Å². The normalized spacial score (nSPS) is 19.9. The number of carbonyl (C=O) groups excluding carboxylic acids is 1. The molecule has 4 rings (SSSR count). The SMILES string of the molecule is Cc1cc(-c2ccc(C(=O)N[C@@H]3CCOC3)cc2)nc(N2CCOCC2)n1. The number of nitrogens with zero attached hydrogens (tertiary/aromatic N) is 3. The maximum Gasteiger partial charge on any atom is 0.251 e. The Kier molecular flexibility index (Phi) is 5.31. The minimum Gasteiger partial charge on any atom is -0.379 e. The van der Waals surface area contributed by atoms with E-state index in [1.165, 1.54) is 0 Å². The number of hydrogen-bond acceptors (Lipinski definition) is 6. The molecule has 2 aliphatic heterocycles. The molecule has 142 valence electrons. The van der Waals surface area contributed by atoms with Crippen LogP contribution in [0, 0.1) is 6.92 Å². The van der Waals surface area contributed by atoms with E-state index in [1.807, 2.05) is 37.3 Å². The number of benzene rings is 1. The highest BCUT2D eigenvalue weighted by Crippen LogP contribution is 2.22. The van der Waals surface area contributed by atoms with Crippen molar-refractivity contribution in [2.45, 2.75) is 19.4 Å². The summed E-state index contributed by atoms with van der Waals surface area (Å²) in [6.07, 6.45) is 0.869. The Bertz CT molecular complexity index is 797. The number of carbonyl (C=O) groups is 1. The quantitative estimate of drug-likeness (QED) is 0.887. The summed E-state index contributed by atoms with van der Waals surface area (Å²) >= 11 is 0. The van der Waals surface area contributed by atoms with E-state index < -0.39 is 0 Å². The Balaban J connectivity index is 1.51. The Morgan fingerprint density at radius 1 is 1.11 bits per heavy atom. The van der Waals surface area contributed by atoms with Crippen LogP contribution in [-0.4, -0.2) is 61.4 Å². The lowest BCUT2D eigenvalue weighted by molar-refractivity contribution is 0.0930. The zero-order valence-electron chi connectivity index (χ0n) is 15.5. The summed E-state index contributed by atoms with van der Waals surface area (Å²) in [4.78, 5) is 23.8. The third-order valence-electron chi connectivity index (χ3n) is 4.84. The third kappa shape index (κ3) is 4.26. The molecule has 0 unspecified atom stereocenters. The van der Waals surface area contributed by atoms with Gasteiger partial charge in [0.2, 0.25) is 5.95 Å². The van der Waals surface area contributed by atoms with E-state index in [1.54, 1.807) is 0 Å². The van der Waals surface area contributed by atoms with Crippen molar-refractivity contribution in [3.05, 3.63) is 41.6 Å². The second-order valence-corrected chi connectivity index (χ2v) is 6.91. The molecule has 3 heterocycles. The molecule has 2 saturated heterocycles. The van der Waals surface area contributed by atoms with Gasteiger partial charge in [0.1, 0.15) is 0 Å². The summed E-state index contributed by atoms with van der Waals surface area (Å²) in [6.45, 7) is 6.27. The topological polar surface area (TPSA) is 76.6 Å². The van der Waals surface area contributed by atoms with E-state index in [0.717, 1.165) is 42.4 Å². The van der Waals surface area contributed by atoms with Gasteiger partial charge in [0.25, 0.3) is 5.91 Å². The summed E-state index contributed by atoms with van der Waals surface area (Å²) in [5.74, 6) is 0.668. The number of hydrogen-bond donors (Lipinski definition) is 1. The standard InChI is InChI=1S/C20H24N4O3/c1-14-12-18(23-20(21-14)24-7-10-26-11-8-24)15-2-4-16(5-3-15)19(25)22-17-6-9-27-13-17/h2-5,12,17H,6-11,13H2,1H3,(H,22,25)/t17-/m1/s1. The fourth-order valence-electron chi connectivity index (χ4n) is 3.31. The van der Waals surface area contributed by atoms with Gasteiger partial charge in [-0.15, -0.1) is 0 Å². The molecular formula is C20H24N4O3. The fourth-order valence-corrected chi connectivity index (χ4v) is 3.31. The fraction of sp³-hybridized carbons (Fsp3) is 0.450. The molecule has 1 aromatic carbocycles. The van der Waals surface area contributed by atoms with Gasteiger partial charge in [0, 0.05) is 36.5 Å². The average molecular weight is 368 g/mol. The van der Waals surface area contributed by atoms with Crippen molar-refractivity contribution in [2.24, 2.45) is 0 Å². The van der Waals surface area contributed by atoms with Crippen molar-refractivity contribution >= 4 is 11.9 Å². The number of morpholine rings is 1. The lowest BCUT2D eigenvalue weighted by Crippen LogP contribution is -2.37. The van der Waals surface area contributed by atoms with E-state index in [4.69, 9.17) is 14.5 Å². The third-order valence-corrected chi connectivity index (χ3v) is 4.84. The lowest BCUT2D eigenvalue weighted by Gasteiger charge is -2.27.